The van der Waals surface area contributed by atoms with Crippen LogP contribution in [0.2, 0.25) is 0 Å². The summed E-state index contributed by atoms with van der Waals surface area (Å²) in [5.74, 6) is -2.43. The highest BCUT2D eigenvalue weighted by Crippen LogP contribution is 2.73. The minimum atomic E-state index is -1.98. The lowest BCUT2D eigenvalue weighted by atomic mass is 9.44. The number of aliphatic hydroxyl groups excluding tert-OH is 4. The van der Waals surface area contributed by atoms with Gasteiger partial charge < -0.3 is 39.4 Å². The van der Waals surface area contributed by atoms with Gasteiger partial charge in [-0.05, 0) is 121 Å². The summed E-state index contributed by atoms with van der Waals surface area (Å²) in [6.07, 6.45) is 12.3. The first kappa shape index (κ1) is 44.5. The normalized spacial score (nSPS) is 51.2. The highest BCUT2D eigenvalue weighted by atomic mass is 19.1. The molecule has 62 heavy (non-hydrogen) atoms. The summed E-state index contributed by atoms with van der Waals surface area (Å²) in [5, 5.41) is 42.6. The van der Waals surface area contributed by atoms with Crippen molar-refractivity contribution in [2.75, 3.05) is 13.2 Å². The van der Waals surface area contributed by atoms with E-state index >= 15 is 4.39 Å². The van der Waals surface area contributed by atoms with Crippen LogP contribution in [0.15, 0.2) is 47.6 Å². The van der Waals surface area contributed by atoms with E-state index in [0.717, 1.165) is 30.4 Å². The number of ether oxygens (including phenoxy) is 4. The molecular weight excluding hydrogens is 800 g/mol. The number of fused-ring (bicyclic) bond motifs is 14. The second-order valence-electron chi connectivity index (χ2n) is 21.7. The number of Topliss-reactive ketones (excluding diaryl/α,β-unsaturated/α-hetero) is 2. The third kappa shape index (κ3) is 5.51. The number of halogens is 1. The van der Waals surface area contributed by atoms with Crippen LogP contribution in [0.25, 0.3) is 0 Å². The number of alkyl halides is 1. The standard InChI is InChI=1S/C25H34O6.C24H31FO6/c1-4-5-21-30-20-11-17-16-7-6-14-10-15(27)8-9-23(14,2)22(16)18(28)12-24(17,3)25(20,31-21)19(29)13-26;1-20(2)30-19-10-16-15-6-5-13-9-14(27)7-8-21(13,3)23(15,25)17(28)11-22(16,4)24(19,31-20)18(29)12-26/h8-10,16-18,20-22,26,28H,4-7,11-13H2,1-3H3;7-9,15-17,19,26,28H,5-6,10-12H2,1-4H3/t16-,17-,18-,20+,21+,22+,23-,24-,25+;15-,16-,17-,19+,21-,22-,23-,24+/m00/s1. The molecule has 10 aliphatic rings. The van der Waals surface area contributed by atoms with Crippen LogP contribution in [0, 0.1) is 51.2 Å². The molecule has 12 nitrogen and oxygen atoms in total. The van der Waals surface area contributed by atoms with Gasteiger partial charge in [0.25, 0.3) is 0 Å². The Bertz CT molecular complexity index is 2080. The maximum absolute atomic E-state index is 17.1. The zero-order valence-electron chi connectivity index (χ0n) is 37.2. The van der Waals surface area contributed by atoms with Gasteiger partial charge in [-0.25, -0.2) is 4.39 Å². The molecule has 0 spiro atoms. The number of allylic oxidation sites excluding steroid dienone is 8. The predicted molar refractivity (Wildman–Crippen MR) is 221 cm³/mol. The summed E-state index contributed by atoms with van der Waals surface area (Å²) in [7, 11) is 0. The van der Waals surface area contributed by atoms with Gasteiger partial charge in [-0.2, -0.15) is 0 Å². The number of hydrogen-bond donors (Lipinski definition) is 4. The Morgan fingerprint density at radius 2 is 1.39 bits per heavy atom. The van der Waals surface area contributed by atoms with E-state index < -0.39 is 94.5 Å². The van der Waals surface area contributed by atoms with Gasteiger partial charge in [-0.3, -0.25) is 19.2 Å². The molecular formula is C49H65FO12. The molecule has 2 heterocycles. The molecule has 10 rings (SSSR count). The lowest BCUT2D eigenvalue weighted by Gasteiger charge is -2.62. The number of hydrogen-bond acceptors (Lipinski definition) is 12. The smallest absolute Gasteiger partial charge is 0.193 e. The molecule has 0 aromatic carbocycles. The Labute approximate surface area is 363 Å². The lowest BCUT2D eigenvalue weighted by molar-refractivity contribution is -0.246. The summed E-state index contributed by atoms with van der Waals surface area (Å²) in [4.78, 5) is 50.3. The van der Waals surface area contributed by atoms with E-state index in [1.54, 1.807) is 39.0 Å². The summed E-state index contributed by atoms with van der Waals surface area (Å²) >= 11 is 0. The molecule has 8 aliphatic carbocycles. The fourth-order valence-electron chi connectivity index (χ4n) is 16.0. The average molecular weight is 865 g/mol. The zero-order valence-corrected chi connectivity index (χ0v) is 37.2. The fourth-order valence-corrected chi connectivity index (χ4v) is 16.0. The topological polar surface area (TPSA) is 186 Å². The summed E-state index contributed by atoms with van der Waals surface area (Å²) in [6, 6.07) is 0. The molecule has 0 bridgehead atoms. The molecule has 0 aromatic rings. The number of carbonyl (C=O) groups excluding carboxylic acids is 4. The van der Waals surface area contributed by atoms with Gasteiger partial charge in [0, 0.05) is 33.5 Å². The van der Waals surface area contributed by atoms with Crippen LogP contribution in [0.1, 0.15) is 113 Å². The largest absolute Gasteiger partial charge is 0.393 e. The molecule has 6 saturated carbocycles. The maximum atomic E-state index is 17.1. The van der Waals surface area contributed by atoms with Gasteiger partial charge in [0.15, 0.2) is 52.1 Å². The molecule has 2 saturated heterocycles. The van der Waals surface area contributed by atoms with E-state index in [-0.39, 0.29) is 52.9 Å². The van der Waals surface area contributed by atoms with Crippen LogP contribution < -0.4 is 0 Å². The Morgan fingerprint density at radius 1 is 0.774 bits per heavy atom. The van der Waals surface area contributed by atoms with E-state index in [1.165, 1.54) is 12.2 Å². The minimum absolute atomic E-state index is 0.0109. The second-order valence-corrected chi connectivity index (χ2v) is 21.7. The quantitative estimate of drug-likeness (QED) is 0.276. The van der Waals surface area contributed by atoms with E-state index in [9.17, 15) is 39.6 Å². The van der Waals surface area contributed by atoms with Crippen LogP contribution >= 0.6 is 0 Å². The van der Waals surface area contributed by atoms with Crippen LogP contribution in [0.5, 0.6) is 0 Å². The highest BCUT2D eigenvalue weighted by Gasteiger charge is 2.80. The van der Waals surface area contributed by atoms with Crippen molar-refractivity contribution in [1.82, 2.24) is 0 Å². The molecule has 17 atom stereocenters. The Morgan fingerprint density at radius 3 is 2.06 bits per heavy atom. The van der Waals surface area contributed by atoms with Gasteiger partial charge in [0.2, 0.25) is 0 Å². The Hall–Kier alpha value is -2.75. The van der Waals surface area contributed by atoms with E-state index in [0.29, 0.717) is 38.5 Å². The van der Waals surface area contributed by atoms with Crippen LogP contribution in [0.3, 0.4) is 0 Å². The number of rotatable bonds is 6. The van der Waals surface area contributed by atoms with Crippen molar-refractivity contribution < 1.29 is 62.9 Å². The van der Waals surface area contributed by atoms with Gasteiger partial charge in [0.1, 0.15) is 13.2 Å². The average Bonchev–Trinajstić information content (AvgIpc) is 3.87. The molecule has 0 radical (unpaired) electrons. The first-order valence-corrected chi connectivity index (χ1v) is 23.0. The Balaban J connectivity index is 0.000000158. The van der Waals surface area contributed by atoms with Gasteiger partial charge >= 0.3 is 0 Å². The summed E-state index contributed by atoms with van der Waals surface area (Å²) in [6.45, 7) is 12.1. The van der Waals surface area contributed by atoms with E-state index in [4.69, 9.17) is 18.9 Å². The van der Waals surface area contributed by atoms with Gasteiger partial charge in [-0.1, -0.05) is 57.4 Å². The monoisotopic (exact) mass is 864 g/mol. The highest BCUT2D eigenvalue weighted by molar-refractivity contribution is 6.02. The van der Waals surface area contributed by atoms with Crippen LogP contribution in [0.4, 0.5) is 4.39 Å². The number of aliphatic hydroxyl groups is 4. The molecule has 2 aliphatic heterocycles. The molecule has 4 N–H and O–H groups in total. The summed E-state index contributed by atoms with van der Waals surface area (Å²) in [5.41, 5.74) is -5.71. The van der Waals surface area contributed by atoms with Crippen molar-refractivity contribution >= 4 is 23.1 Å². The van der Waals surface area contributed by atoms with Gasteiger partial charge in [0.05, 0.1) is 24.4 Å². The minimum Gasteiger partial charge on any atom is -0.393 e. The van der Waals surface area contributed by atoms with Crippen molar-refractivity contribution in [1.29, 1.82) is 0 Å². The molecule has 0 unspecified atom stereocenters. The Kier molecular flexibility index (Phi) is 10.3. The first-order chi connectivity index (χ1) is 29.1. The zero-order chi connectivity index (χ0) is 44.8. The van der Waals surface area contributed by atoms with E-state index in [2.05, 4.69) is 20.8 Å². The van der Waals surface area contributed by atoms with Gasteiger partial charge in [-0.15, -0.1) is 0 Å². The first-order valence-electron chi connectivity index (χ1n) is 23.0. The third-order valence-electron chi connectivity index (χ3n) is 18.6. The van der Waals surface area contributed by atoms with E-state index in [1.807, 2.05) is 13.0 Å². The number of carbonyl (C=O) groups is 4. The molecule has 13 heteroatoms. The number of ketones is 4. The van der Waals surface area contributed by atoms with Crippen LogP contribution in [-0.4, -0.2) is 110 Å². The second kappa shape index (κ2) is 14.4. The molecule has 0 amide bonds. The maximum Gasteiger partial charge on any atom is 0.193 e. The van der Waals surface area contributed by atoms with Crippen molar-refractivity contribution in [2.24, 2.45) is 51.2 Å². The predicted octanol–water partition coefficient (Wildman–Crippen LogP) is 5.14. The SMILES string of the molecule is CC1(C)O[C@@H]2C[C@H]3[C@@H]4CCC5=CC(=O)C=C[C@]5(C)[C@@]4(F)[C@@H](O)C[C@]3(C)[C@]2(C(=O)CO)O1.CCC[C@@H]1O[C@@H]2C[C@H]3[C@@H]4CCC5=CC(=O)C=C[C@]5(C)[C@H]4[C@@H](O)C[C@]3(C)[C@]2(C(=O)CO)O1. The fraction of sp³-hybridized carbons (Fsp3) is 0.755. The third-order valence-corrected chi connectivity index (χ3v) is 18.6. The molecule has 8 fully saturated rings. The lowest BCUT2D eigenvalue weighted by Crippen LogP contribution is -2.70. The molecule has 340 valence electrons. The summed E-state index contributed by atoms with van der Waals surface area (Å²) < 4.78 is 42.2. The van der Waals surface area contributed by atoms with Crippen molar-refractivity contribution in [3.8, 4) is 0 Å². The van der Waals surface area contributed by atoms with Crippen molar-refractivity contribution in [3.63, 3.8) is 0 Å². The molecule has 0 aromatic heterocycles. The van der Waals surface area contributed by atoms with Crippen LogP contribution in [-0.2, 0) is 38.1 Å². The van der Waals surface area contributed by atoms with Crippen molar-refractivity contribution in [3.05, 3.63) is 47.6 Å². The van der Waals surface area contributed by atoms with Crippen molar-refractivity contribution in [2.45, 2.75) is 166 Å².